The molecule has 0 aliphatic carbocycles. The van der Waals surface area contributed by atoms with Crippen LogP contribution in [0.2, 0.25) is 0 Å². The number of hydrogen-bond donors (Lipinski definition) is 0. The minimum Gasteiger partial charge on any atom is -0.300 e. The molecule has 1 aromatic carbocycles. The van der Waals surface area contributed by atoms with Gasteiger partial charge in [0.15, 0.2) is 0 Å². The summed E-state index contributed by atoms with van der Waals surface area (Å²) >= 11 is 0. The van der Waals surface area contributed by atoms with Crippen LogP contribution in [0.4, 0.5) is 5.69 Å². The molecule has 80 valence electrons. The highest BCUT2D eigenvalue weighted by molar-refractivity contribution is 5.75. The molecule has 0 saturated carbocycles. The first-order chi connectivity index (χ1) is 6.99. The highest BCUT2D eigenvalue weighted by Crippen LogP contribution is 2.17. The van der Waals surface area contributed by atoms with Gasteiger partial charge in [0.05, 0.1) is 4.92 Å². The van der Waals surface area contributed by atoms with Gasteiger partial charge < -0.3 is 4.79 Å². The number of carbonyl (C=O) groups excluding carboxylic acids is 1. The molecule has 0 N–H and O–H groups in total. The van der Waals surface area contributed by atoms with E-state index in [1.807, 2.05) is 13.0 Å². The molecule has 4 heteroatoms. The van der Waals surface area contributed by atoms with Crippen LogP contribution in [0.15, 0.2) is 18.2 Å². The Hall–Kier alpha value is -1.71. The Labute approximate surface area is 88.1 Å². The van der Waals surface area contributed by atoms with Crippen LogP contribution in [0.25, 0.3) is 0 Å². The van der Waals surface area contributed by atoms with Crippen LogP contribution < -0.4 is 0 Å². The van der Waals surface area contributed by atoms with Crippen LogP contribution in [0.1, 0.15) is 24.5 Å². The van der Waals surface area contributed by atoms with Crippen molar-refractivity contribution < 1.29 is 9.72 Å². The Morgan fingerprint density at radius 1 is 1.40 bits per heavy atom. The lowest BCUT2D eigenvalue weighted by molar-refractivity contribution is -0.385. The van der Waals surface area contributed by atoms with Crippen LogP contribution in [0.5, 0.6) is 0 Å². The van der Waals surface area contributed by atoms with Gasteiger partial charge in [0.1, 0.15) is 5.78 Å². The van der Waals surface area contributed by atoms with Gasteiger partial charge >= 0.3 is 0 Å². The second kappa shape index (κ2) is 4.68. The van der Waals surface area contributed by atoms with E-state index in [0.717, 1.165) is 11.1 Å². The van der Waals surface area contributed by atoms with E-state index in [2.05, 4.69) is 0 Å². The number of Topliss-reactive ketones (excluding diaryl/α,β-unsaturated/α-hetero) is 1. The van der Waals surface area contributed by atoms with Gasteiger partial charge in [0.25, 0.3) is 5.69 Å². The van der Waals surface area contributed by atoms with Gasteiger partial charge in [0, 0.05) is 18.6 Å². The molecule has 0 aliphatic rings. The van der Waals surface area contributed by atoms with E-state index in [9.17, 15) is 14.9 Å². The monoisotopic (exact) mass is 207 g/mol. The van der Waals surface area contributed by atoms with Gasteiger partial charge in [-0.15, -0.1) is 0 Å². The van der Waals surface area contributed by atoms with E-state index < -0.39 is 4.92 Å². The summed E-state index contributed by atoms with van der Waals surface area (Å²) in [6, 6.07) is 4.92. The lowest BCUT2D eigenvalue weighted by Crippen LogP contribution is -1.96. The number of non-ortho nitro benzene ring substituents is 1. The third-order valence-corrected chi connectivity index (χ3v) is 2.10. The number of hydrogen-bond acceptors (Lipinski definition) is 3. The summed E-state index contributed by atoms with van der Waals surface area (Å²) in [5, 5.41) is 10.6. The quantitative estimate of drug-likeness (QED) is 0.562. The molecule has 1 aromatic rings. The third kappa shape index (κ3) is 3.50. The Morgan fingerprint density at radius 3 is 2.60 bits per heavy atom. The molecule has 0 saturated heterocycles. The predicted molar refractivity (Wildman–Crippen MR) is 56.8 cm³/mol. The van der Waals surface area contributed by atoms with Crippen LogP contribution in [-0.4, -0.2) is 10.7 Å². The molecule has 0 fully saturated rings. The maximum atomic E-state index is 10.8. The first-order valence-electron chi connectivity index (χ1n) is 4.73. The summed E-state index contributed by atoms with van der Waals surface area (Å²) in [4.78, 5) is 21.0. The molecule has 0 unspecified atom stereocenters. The Balaban J connectivity index is 2.88. The zero-order valence-electron chi connectivity index (χ0n) is 8.82. The van der Waals surface area contributed by atoms with Crippen LogP contribution in [-0.2, 0) is 11.2 Å². The van der Waals surface area contributed by atoms with E-state index in [1.54, 1.807) is 0 Å². The Bertz CT molecular complexity index is 399. The number of aryl methyl sites for hydroxylation is 2. The van der Waals surface area contributed by atoms with Crippen molar-refractivity contribution in [2.75, 3.05) is 0 Å². The average Bonchev–Trinajstić information content (AvgIpc) is 2.13. The lowest BCUT2D eigenvalue weighted by atomic mass is 10.0. The van der Waals surface area contributed by atoms with Gasteiger partial charge in [0.2, 0.25) is 0 Å². The zero-order valence-corrected chi connectivity index (χ0v) is 8.82. The number of carbonyl (C=O) groups is 1. The second-order valence-electron chi connectivity index (χ2n) is 3.64. The molecule has 0 aromatic heterocycles. The summed E-state index contributed by atoms with van der Waals surface area (Å²) < 4.78 is 0. The van der Waals surface area contributed by atoms with Crippen molar-refractivity contribution in [2.24, 2.45) is 0 Å². The Morgan fingerprint density at radius 2 is 2.07 bits per heavy atom. The topological polar surface area (TPSA) is 60.2 Å². The largest absolute Gasteiger partial charge is 0.300 e. The number of nitro benzene ring substituents is 1. The molecule has 1 rings (SSSR count). The van der Waals surface area contributed by atoms with E-state index >= 15 is 0 Å². The van der Waals surface area contributed by atoms with Gasteiger partial charge in [-0.25, -0.2) is 0 Å². The third-order valence-electron chi connectivity index (χ3n) is 2.10. The van der Waals surface area contributed by atoms with Crippen molar-refractivity contribution >= 4 is 11.5 Å². The highest BCUT2D eigenvalue weighted by Gasteiger charge is 2.08. The van der Waals surface area contributed by atoms with Crippen LogP contribution in [0, 0.1) is 17.0 Å². The molecule has 15 heavy (non-hydrogen) atoms. The Kier molecular flexibility index (Phi) is 3.55. The van der Waals surface area contributed by atoms with E-state index in [4.69, 9.17) is 0 Å². The number of benzene rings is 1. The first-order valence-corrected chi connectivity index (χ1v) is 4.73. The van der Waals surface area contributed by atoms with Crippen molar-refractivity contribution in [3.05, 3.63) is 39.4 Å². The van der Waals surface area contributed by atoms with Crippen LogP contribution in [0.3, 0.4) is 0 Å². The molecule has 4 nitrogen and oxygen atoms in total. The first kappa shape index (κ1) is 11.4. The maximum absolute atomic E-state index is 10.8. The standard InChI is InChI=1S/C11H13NO3/c1-8-5-10(4-3-9(2)13)7-11(6-8)12(14)15/h5-7H,3-4H2,1-2H3. The molecule has 0 heterocycles. The maximum Gasteiger partial charge on any atom is 0.269 e. The smallest absolute Gasteiger partial charge is 0.269 e. The summed E-state index contributed by atoms with van der Waals surface area (Å²) in [5.74, 6) is 0.0964. The van der Waals surface area contributed by atoms with E-state index in [0.29, 0.717) is 12.8 Å². The van der Waals surface area contributed by atoms with Gasteiger partial charge in [-0.3, -0.25) is 10.1 Å². The zero-order chi connectivity index (χ0) is 11.4. The SMILES string of the molecule is CC(=O)CCc1cc(C)cc([N+](=O)[O-])c1. The predicted octanol–water partition coefficient (Wildman–Crippen LogP) is 2.42. The van der Waals surface area contributed by atoms with Crippen molar-refractivity contribution in [1.29, 1.82) is 0 Å². The summed E-state index contributed by atoms with van der Waals surface area (Å²) in [6.45, 7) is 3.33. The highest BCUT2D eigenvalue weighted by atomic mass is 16.6. The fourth-order valence-electron chi connectivity index (χ4n) is 1.41. The molecular weight excluding hydrogens is 194 g/mol. The van der Waals surface area contributed by atoms with Gasteiger partial charge in [-0.05, 0) is 31.4 Å². The minimum atomic E-state index is -0.412. The summed E-state index contributed by atoms with van der Waals surface area (Å²) in [5.41, 5.74) is 1.79. The van der Waals surface area contributed by atoms with Crippen molar-refractivity contribution in [3.8, 4) is 0 Å². The molecule has 0 spiro atoms. The average molecular weight is 207 g/mol. The van der Waals surface area contributed by atoms with Gasteiger partial charge in [-0.1, -0.05) is 6.07 Å². The number of rotatable bonds is 4. The second-order valence-corrected chi connectivity index (χ2v) is 3.64. The number of ketones is 1. The minimum absolute atomic E-state index is 0.0913. The molecule has 0 bridgehead atoms. The summed E-state index contributed by atoms with van der Waals surface area (Å²) in [7, 11) is 0. The van der Waals surface area contributed by atoms with E-state index in [-0.39, 0.29) is 11.5 Å². The fourth-order valence-corrected chi connectivity index (χ4v) is 1.41. The molecule has 0 atom stereocenters. The van der Waals surface area contributed by atoms with Crippen molar-refractivity contribution in [2.45, 2.75) is 26.7 Å². The van der Waals surface area contributed by atoms with E-state index in [1.165, 1.54) is 19.1 Å². The number of nitro groups is 1. The van der Waals surface area contributed by atoms with Crippen molar-refractivity contribution in [3.63, 3.8) is 0 Å². The number of nitrogens with zero attached hydrogens (tertiary/aromatic N) is 1. The molecule has 0 radical (unpaired) electrons. The molecule has 0 amide bonds. The normalized spacial score (nSPS) is 10.0. The van der Waals surface area contributed by atoms with Gasteiger partial charge in [-0.2, -0.15) is 0 Å². The summed E-state index contributed by atoms with van der Waals surface area (Å²) in [6.07, 6.45) is 0.998. The fraction of sp³-hybridized carbons (Fsp3) is 0.364. The van der Waals surface area contributed by atoms with Crippen molar-refractivity contribution in [1.82, 2.24) is 0 Å². The lowest BCUT2D eigenvalue weighted by Gasteiger charge is -2.01. The van der Waals surface area contributed by atoms with Crippen LogP contribution >= 0.6 is 0 Å². The molecule has 0 aliphatic heterocycles. The molecular formula is C11H13NO3.